The van der Waals surface area contributed by atoms with Gasteiger partial charge < -0.3 is 20.2 Å². The molecule has 0 aliphatic carbocycles. The lowest BCUT2D eigenvalue weighted by Crippen LogP contribution is -2.38. The van der Waals surface area contributed by atoms with Crippen LogP contribution >= 0.6 is 11.8 Å². The molecule has 0 bridgehead atoms. The van der Waals surface area contributed by atoms with Crippen LogP contribution in [0.2, 0.25) is 0 Å². The van der Waals surface area contributed by atoms with Gasteiger partial charge in [-0.3, -0.25) is 5.43 Å². The standard InChI is InChI=1S/C31H26N6O2S/c1-18-25(26(20-11-5-3-6-12-20)27(34-18)21-13-7-4-8-14-21)19(2)36-37-31-35-29(33)22(17-32)28(40-31)30-38-23-15-9-10-16-24(23)39-30/h3-16,28,30,34H,33H2,1-2H3,(H,35,37)/b36-19+. The number of ether oxygens (including phenoxy) is 2. The van der Waals surface area contributed by atoms with Crippen LogP contribution in [0.25, 0.3) is 22.4 Å². The Morgan fingerprint density at radius 2 is 1.57 bits per heavy atom. The van der Waals surface area contributed by atoms with E-state index in [0.717, 1.165) is 39.4 Å². The summed E-state index contributed by atoms with van der Waals surface area (Å²) in [6, 6.07) is 30.1. The summed E-state index contributed by atoms with van der Waals surface area (Å²) in [7, 11) is 0. The minimum absolute atomic E-state index is 0.110. The first-order chi connectivity index (χ1) is 19.5. The maximum atomic E-state index is 9.79. The molecule has 2 aliphatic rings. The Kier molecular flexibility index (Phi) is 6.76. The second kappa shape index (κ2) is 10.7. The topological polar surface area (TPSA) is 121 Å². The number of aryl methyl sites for hydroxylation is 1. The van der Waals surface area contributed by atoms with Crippen molar-refractivity contribution >= 4 is 22.6 Å². The van der Waals surface area contributed by atoms with Crippen LogP contribution in [0.3, 0.4) is 0 Å². The van der Waals surface area contributed by atoms with E-state index in [4.69, 9.17) is 20.3 Å². The zero-order chi connectivity index (χ0) is 27.6. The fourth-order valence-electron chi connectivity index (χ4n) is 4.91. The molecule has 6 rings (SSSR count). The monoisotopic (exact) mass is 546 g/mol. The van der Waals surface area contributed by atoms with Gasteiger partial charge in [0.15, 0.2) is 16.7 Å². The number of hydrazone groups is 1. The zero-order valence-electron chi connectivity index (χ0n) is 21.9. The summed E-state index contributed by atoms with van der Waals surface area (Å²) in [5.41, 5.74) is 16.6. The molecule has 4 aromatic rings. The van der Waals surface area contributed by atoms with Crippen molar-refractivity contribution in [1.82, 2.24) is 10.4 Å². The molecule has 198 valence electrons. The normalized spacial score (nSPS) is 17.0. The number of hydrogen-bond donors (Lipinski definition) is 3. The van der Waals surface area contributed by atoms with Gasteiger partial charge in [-0.05, 0) is 37.1 Å². The van der Waals surface area contributed by atoms with Crippen LogP contribution in [0.5, 0.6) is 11.5 Å². The number of nitriles is 1. The van der Waals surface area contributed by atoms with Crippen LogP contribution in [0.4, 0.5) is 0 Å². The molecular formula is C31H26N6O2S. The Morgan fingerprint density at radius 1 is 0.975 bits per heavy atom. The average molecular weight is 547 g/mol. The molecule has 1 aromatic heterocycles. The number of hydrogen-bond acceptors (Lipinski definition) is 8. The van der Waals surface area contributed by atoms with Crippen LogP contribution in [-0.4, -0.2) is 27.4 Å². The lowest BCUT2D eigenvalue weighted by Gasteiger charge is -2.25. The number of H-pyrrole nitrogens is 1. The Morgan fingerprint density at radius 3 is 2.20 bits per heavy atom. The van der Waals surface area contributed by atoms with Crippen LogP contribution in [0.1, 0.15) is 18.2 Å². The highest BCUT2D eigenvalue weighted by atomic mass is 32.2. The molecule has 3 aromatic carbocycles. The predicted octanol–water partition coefficient (Wildman–Crippen LogP) is 5.93. The number of para-hydroxylation sites is 2. The molecule has 2 aliphatic heterocycles. The van der Waals surface area contributed by atoms with Crippen molar-refractivity contribution in [2.24, 2.45) is 15.8 Å². The molecule has 0 radical (unpaired) electrons. The first kappa shape index (κ1) is 25.3. The van der Waals surface area contributed by atoms with Crippen molar-refractivity contribution in [3.8, 4) is 40.0 Å². The van der Waals surface area contributed by atoms with Gasteiger partial charge in [-0.1, -0.05) is 84.6 Å². The number of thioether (sulfide) groups is 1. The fourth-order valence-corrected chi connectivity index (χ4v) is 5.91. The highest BCUT2D eigenvalue weighted by molar-refractivity contribution is 8.14. The maximum Gasteiger partial charge on any atom is 0.258 e. The summed E-state index contributed by atoms with van der Waals surface area (Å²) in [6.45, 7) is 4.00. The molecule has 1 atom stereocenters. The van der Waals surface area contributed by atoms with Gasteiger partial charge in [0.25, 0.3) is 6.29 Å². The van der Waals surface area contributed by atoms with Crippen molar-refractivity contribution in [1.29, 1.82) is 5.26 Å². The molecule has 0 saturated carbocycles. The number of amidine groups is 1. The second-order valence-electron chi connectivity index (χ2n) is 9.33. The molecule has 0 fully saturated rings. The Balaban J connectivity index is 1.31. The molecular weight excluding hydrogens is 520 g/mol. The quantitative estimate of drug-likeness (QED) is 0.211. The highest BCUT2D eigenvalue weighted by Crippen LogP contribution is 2.41. The van der Waals surface area contributed by atoms with Gasteiger partial charge in [0.1, 0.15) is 17.1 Å². The molecule has 3 heterocycles. The number of nitrogens with zero attached hydrogens (tertiary/aromatic N) is 3. The third kappa shape index (κ3) is 4.70. The number of nitrogens with two attached hydrogens (primary N) is 1. The van der Waals surface area contributed by atoms with Gasteiger partial charge in [-0.15, -0.1) is 0 Å². The Labute approximate surface area is 236 Å². The summed E-state index contributed by atoms with van der Waals surface area (Å²) in [5.74, 6) is 1.36. The number of fused-ring (bicyclic) bond motifs is 1. The molecule has 40 heavy (non-hydrogen) atoms. The minimum Gasteiger partial charge on any atom is -0.449 e. The first-order valence-corrected chi connectivity index (χ1v) is 13.6. The number of rotatable bonds is 5. The third-order valence-corrected chi connectivity index (χ3v) is 7.84. The number of benzene rings is 3. The maximum absolute atomic E-state index is 9.79. The number of aliphatic imine (C=N–C) groups is 1. The second-order valence-corrected chi connectivity index (χ2v) is 10.5. The molecule has 0 amide bonds. The summed E-state index contributed by atoms with van der Waals surface area (Å²) in [5, 5.41) is 14.4. The smallest absolute Gasteiger partial charge is 0.258 e. The number of aromatic nitrogens is 1. The summed E-state index contributed by atoms with van der Waals surface area (Å²) >= 11 is 1.29. The molecule has 8 nitrogen and oxygen atoms in total. The van der Waals surface area contributed by atoms with Gasteiger partial charge in [0.2, 0.25) is 0 Å². The van der Waals surface area contributed by atoms with E-state index in [9.17, 15) is 5.26 Å². The van der Waals surface area contributed by atoms with E-state index in [1.54, 1.807) is 0 Å². The van der Waals surface area contributed by atoms with Crippen molar-refractivity contribution < 1.29 is 9.47 Å². The van der Waals surface area contributed by atoms with E-state index < -0.39 is 11.5 Å². The van der Waals surface area contributed by atoms with Crippen LogP contribution < -0.4 is 20.6 Å². The average Bonchev–Trinajstić information content (AvgIpc) is 3.58. The molecule has 4 N–H and O–H groups in total. The van der Waals surface area contributed by atoms with Crippen molar-refractivity contribution in [3.63, 3.8) is 0 Å². The van der Waals surface area contributed by atoms with Crippen LogP contribution in [0.15, 0.2) is 106 Å². The van der Waals surface area contributed by atoms with Crippen molar-refractivity contribution in [2.45, 2.75) is 25.4 Å². The highest BCUT2D eigenvalue weighted by Gasteiger charge is 2.39. The molecule has 9 heteroatoms. The minimum atomic E-state index is -0.724. The Bertz CT molecular complexity index is 1680. The van der Waals surface area contributed by atoms with Crippen molar-refractivity contribution in [2.75, 3.05) is 0 Å². The Hall–Kier alpha value is -4.94. The van der Waals surface area contributed by atoms with Gasteiger partial charge >= 0.3 is 0 Å². The van der Waals surface area contributed by atoms with Gasteiger partial charge in [0, 0.05) is 16.8 Å². The van der Waals surface area contributed by atoms with Gasteiger partial charge in [-0.2, -0.15) is 10.4 Å². The summed E-state index contributed by atoms with van der Waals surface area (Å²) in [4.78, 5) is 7.98. The van der Waals surface area contributed by atoms with Gasteiger partial charge in [0.05, 0.1) is 17.0 Å². The van der Waals surface area contributed by atoms with E-state index in [-0.39, 0.29) is 5.82 Å². The first-order valence-electron chi connectivity index (χ1n) is 12.7. The molecule has 0 spiro atoms. The number of aromatic amines is 1. The van der Waals surface area contributed by atoms with Crippen molar-refractivity contribution in [3.05, 3.63) is 108 Å². The lowest BCUT2D eigenvalue weighted by molar-refractivity contribution is 0.0558. The van der Waals surface area contributed by atoms with E-state index >= 15 is 0 Å². The summed E-state index contributed by atoms with van der Waals surface area (Å²) in [6.07, 6.45) is -0.724. The largest absolute Gasteiger partial charge is 0.449 e. The SMILES string of the molecule is C/C(=N\NC1=NC(N)=C(C#N)C(C2Oc3ccccc3O2)S1)c1c(C)[nH]c(-c2ccccc2)c1-c1ccccc1. The van der Waals surface area contributed by atoms with E-state index in [1.165, 1.54) is 11.8 Å². The van der Waals surface area contributed by atoms with Gasteiger partial charge in [-0.25, -0.2) is 4.99 Å². The molecule has 1 unspecified atom stereocenters. The molecule has 0 saturated heterocycles. The predicted molar refractivity (Wildman–Crippen MR) is 159 cm³/mol. The third-order valence-electron chi connectivity index (χ3n) is 6.72. The van der Waals surface area contributed by atoms with Crippen LogP contribution in [-0.2, 0) is 0 Å². The lowest BCUT2D eigenvalue weighted by atomic mass is 9.95. The summed E-state index contributed by atoms with van der Waals surface area (Å²) < 4.78 is 12.0. The number of nitrogens with one attached hydrogen (secondary N) is 2. The van der Waals surface area contributed by atoms with E-state index in [2.05, 4.69) is 45.7 Å². The van der Waals surface area contributed by atoms with E-state index in [0.29, 0.717) is 22.2 Å². The van der Waals surface area contributed by atoms with Crippen LogP contribution in [0, 0.1) is 18.3 Å². The fraction of sp³-hybridized carbons (Fsp3) is 0.129. The van der Waals surface area contributed by atoms with E-state index in [1.807, 2.05) is 74.5 Å². The zero-order valence-corrected chi connectivity index (χ0v) is 22.7.